The van der Waals surface area contributed by atoms with Crippen molar-refractivity contribution in [2.24, 2.45) is 12.8 Å². The largest absolute Gasteiger partial charge is 0.324 e. The van der Waals surface area contributed by atoms with Crippen LogP contribution >= 0.6 is 0 Å². The van der Waals surface area contributed by atoms with Gasteiger partial charge >= 0.3 is 0 Å². The molecule has 0 aliphatic carbocycles. The second kappa shape index (κ2) is 5.06. The van der Waals surface area contributed by atoms with Crippen molar-refractivity contribution >= 4 is 10.9 Å². The van der Waals surface area contributed by atoms with Crippen LogP contribution < -0.4 is 5.73 Å². The zero-order valence-electron chi connectivity index (χ0n) is 11.7. The lowest BCUT2D eigenvalue weighted by Crippen LogP contribution is -2.15. The number of aromatic nitrogens is 3. The average Bonchev–Trinajstić information content (AvgIpc) is 2.76. The van der Waals surface area contributed by atoms with Gasteiger partial charge < -0.3 is 5.73 Å². The van der Waals surface area contributed by atoms with E-state index in [1.807, 2.05) is 43.0 Å². The third-order valence-corrected chi connectivity index (χ3v) is 3.61. The van der Waals surface area contributed by atoms with Gasteiger partial charge in [-0.15, -0.1) is 0 Å². The topological polar surface area (TPSA) is 56.7 Å². The Hall–Kier alpha value is -2.20. The van der Waals surface area contributed by atoms with E-state index in [0.29, 0.717) is 0 Å². The number of aryl methyl sites for hydroxylation is 2. The summed E-state index contributed by atoms with van der Waals surface area (Å²) in [6, 6.07) is 12.2. The molecule has 1 aromatic carbocycles. The van der Waals surface area contributed by atoms with Gasteiger partial charge in [0, 0.05) is 36.8 Å². The van der Waals surface area contributed by atoms with Gasteiger partial charge in [0.1, 0.15) is 0 Å². The SMILES string of the molecule is Cc1cc(CC(N)c2cccc3ncccc23)n(C)n1. The maximum Gasteiger partial charge on any atom is 0.0705 e. The van der Waals surface area contributed by atoms with Gasteiger partial charge in [0.15, 0.2) is 0 Å². The van der Waals surface area contributed by atoms with Crippen LogP contribution in [0.2, 0.25) is 0 Å². The van der Waals surface area contributed by atoms with Crippen LogP contribution in [0, 0.1) is 6.92 Å². The number of hydrogen-bond donors (Lipinski definition) is 1. The van der Waals surface area contributed by atoms with Gasteiger partial charge in [0.2, 0.25) is 0 Å². The molecule has 0 fully saturated rings. The van der Waals surface area contributed by atoms with Crippen molar-refractivity contribution in [1.29, 1.82) is 0 Å². The van der Waals surface area contributed by atoms with E-state index in [0.717, 1.165) is 34.3 Å². The van der Waals surface area contributed by atoms with Crippen molar-refractivity contribution in [3.63, 3.8) is 0 Å². The number of benzene rings is 1. The Balaban J connectivity index is 1.96. The molecular weight excluding hydrogens is 248 g/mol. The molecule has 4 nitrogen and oxygen atoms in total. The average molecular weight is 266 g/mol. The van der Waals surface area contributed by atoms with Gasteiger partial charge in [0.05, 0.1) is 11.2 Å². The van der Waals surface area contributed by atoms with E-state index >= 15 is 0 Å². The Kier molecular flexibility index (Phi) is 3.24. The third-order valence-electron chi connectivity index (χ3n) is 3.61. The molecular formula is C16H18N4. The fourth-order valence-corrected chi connectivity index (χ4v) is 2.64. The van der Waals surface area contributed by atoms with E-state index in [2.05, 4.69) is 28.3 Å². The lowest BCUT2D eigenvalue weighted by Gasteiger charge is -2.14. The molecule has 102 valence electrons. The predicted molar refractivity (Wildman–Crippen MR) is 80.3 cm³/mol. The van der Waals surface area contributed by atoms with Crippen molar-refractivity contribution in [1.82, 2.24) is 14.8 Å². The first-order chi connectivity index (χ1) is 9.65. The lowest BCUT2D eigenvalue weighted by molar-refractivity contribution is 0.642. The molecule has 1 atom stereocenters. The zero-order chi connectivity index (χ0) is 14.1. The summed E-state index contributed by atoms with van der Waals surface area (Å²) in [7, 11) is 1.96. The van der Waals surface area contributed by atoms with Crippen molar-refractivity contribution in [3.05, 3.63) is 59.5 Å². The van der Waals surface area contributed by atoms with Gasteiger partial charge in [-0.05, 0) is 30.7 Å². The second-order valence-electron chi connectivity index (χ2n) is 5.13. The third kappa shape index (κ3) is 2.30. The molecule has 3 rings (SSSR count). The smallest absolute Gasteiger partial charge is 0.0705 e. The van der Waals surface area contributed by atoms with Crippen LogP contribution in [-0.4, -0.2) is 14.8 Å². The highest BCUT2D eigenvalue weighted by atomic mass is 15.3. The van der Waals surface area contributed by atoms with E-state index in [4.69, 9.17) is 5.73 Å². The fraction of sp³-hybridized carbons (Fsp3) is 0.250. The highest BCUT2D eigenvalue weighted by molar-refractivity contribution is 5.82. The van der Waals surface area contributed by atoms with Gasteiger partial charge in [-0.2, -0.15) is 5.10 Å². The Morgan fingerprint density at radius 2 is 2.10 bits per heavy atom. The summed E-state index contributed by atoms with van der Waals surface area (Å²) in [5, 5.41) is 5.50. The normalized spacial score (nSPS) is 12.8. The van der Waals surface area contributed by atoms with E-state index in [-0.39, 0.29) is 6.04 Å². The van der Waals surface area contributed by atoms with Crippen LogP contribution in [0.1, 0.15) is 23.0 Å². The van der Waals surface area contributed by atoms with E-state index < -0.39 is 0 Å². The second-order valence-corrected chi connectivity index (χ2v) is 5.13. The summed E-state index contributed by atoms with van der Waals surface area (Å²) in [5.41, 5.74) is 10.7. The van der Waals surface area contributed by atoms with Crippen molar-refractivity contribution in [2.45, 2.75) is 19.4 Å². The number of nitrogens with zero attached hydrogens (tertiary/aromatic N) is 3. The van der Waals surface area contributed by atoms with Crippen LogP contribution in [-0.2, 0) is 13.5 Å². The van der Waals surface area contributed by atoms with Crippen LogP contribution in [0.3, 0.4) is 0 Å². The number of nitrogens with two attached hydrogens (primary N) is 1. The molecule has 0 radical (unpaired) electrons. The summed E-state index contributed by atoms with van der Waals surface area (Å²) in [6.45, 7) is 2.00. The number of fused-ring (bicyclic) bond motifs is 1. The van der Waals surface area contributed by atoms with Crippen molar-refractivity contribution < 1.29 is 0 Å². The Labute approximate surface area is 118 Å². The van der Waals surface area contributed by atoms with Gasteiger partial charge in [0.25, 0.3) is 0 Å². The molecule has 2 aromatic heterocycles. The molecule has 0 saturated heterocycles. The molecule has 0 saturated carbocycles. The van der Waals surface area contributed by atoms with E-state index in [9.17, 15) is 0 Å². The lowest BCUT2D eigenvalue weighted by atomic mass is 9.98. The van der Waals surface area contributed by atoms with Crippen molar-refractivity contribution in [2.75, 3.05) is 0 Å². The summed E-state index contributed by atoms with van der Waals surface area (Å²) in [4.78, 5) is 4.38. The highest BCUT2D eigenvalue weighted by Gasteiger charge is 2.13. The van der Waals surface area contributed by atoms with Crippen LogP contribution in [0.4, 0.5) is 0 Å². The van der Waals surface area contributed by atoms with Crippen LogP contribution in [0.15, 0.2) is 42.6 Å². The number of pyridine rings is 1. The monoisotopic (exact) mass is 266 g/mol. The first-order valence-electron chi connectivity index (χ1n) is 6.74. The van der Waals surface area contributed by atoms with E-state index in [1.54, 1.807) is 0 Å². The predicted octanol–water partition coefficient (Wildman–Crippen LogP) is 2.52. The molecule has 0 amide bonds. The maximum absolute atomic E-state index is 6.40. The highest BCUT2D eigenvalue weighted by Crippen LogP contribution is 2.24. The molecule has 0 spiro atoms. The minimum Gasteiger partial charge on any atom is -0.324 e. The molecule has 2 N–H and O–H groups in total. The van der Waals surface area contributed by atoms with Gasteiger partial charge in [-0.3, -0.25) is 9.67 Å². The quantitative estimate of drug-likeness (QED) is 0.792. The molecule has 20 heavy (non-hydrogen) atoms. The number of rotatable bonds is 3. The first-order valence-corrected chi connectivity index (χ1v) is 6.74. The molecule has 3 aromatic rings. The maximum atomic E-state index is 6.40. The van der Waals surface area contributed by atoms with Crippen molar-refractivity contribution in [3.8, 4) is 0 Å². The zero-order valence-corrected chi connectivity index (χ0v) is 11.7. The summed E-state index contributed by atoms with van der Waals surface area (Å²) >= 11 is 0. The summed E-state index contributed by atoms with van der Waals surface area (Å²) in [5.74, 6) is 0. The Morgan fingerprint density at radius 1 is 1.25 bits per heavy atom. The fourth-order valence-electron chi connectivity index (χ4n) is 2.64. The van der Waals surface area contributed by atoms with Gasteiger partial charge in [-0.25, -0.2) is 0 Å². The Bertz CT molecular complexity index is 740. The van der Waals surface area contributed by atoms with Gasteiger partial charge in [-0.1, -0.05) is 18.2 Å². The molecule has 2 heterocycles. The number of hydrogen-bond acceptors (Lipinski definition) is 3. The van der Waals surface area contributed by atoms with E-state index in [1.165, 1.54) is 0 Å². The molecule has 4 heteroatoms. The molecule has 0 aliphatic heterocycles. The Morgan fingerprint density at radius 3 is 2.85 bits per heavy atom. The minimum atomic E-state index is -0.0577. The van der Waals surface area contributed by atoms with Crippen LogP contribution in [0.5, 0.6) is 0 Å². The summed E-state index contributed by atoms with van der Waals surface area (Å²) < 4.78 is 1.90. The minimum absolute atomic E-state index is 0.0577. The van der Waals surface area contributed by atoms with Crippen LogP contribution in [0.25, 0.3) is 10.9 Å². The molecule has 0 bridgehead atoms. The summed E-state index contributed by atoms with van der Waals surface area (Å²) in [6.07, 6.45) is 2.58. The standard InChI is InChI=1S/C16H18N4/c1-11-9-12(20(2)19-11)10-15(17)13-5-3-7-16-14(13)6-4-8-18-16/h3-9,15H,10,17H2,1-2H3. The molecule has 0 aliphatic rings. The first kappa shape index (κ1) is 12.8. The molecule has 1 unspecified atom stereocenters.